The fourth-order valence-corrected chi connectivity index (χ4v) is 4.25. The van der Waals surface area contributed by atoms with Gasteiger partial charge in [0.05, 0.1) is 6.10 Å². The summed E-state index contributed by atoms with van der Waals surface area (Å²) in [6, 6.07) is 0. The van der Waals surface area contributed by atoms with Gasteiger partial charge in [0.25, 0.3) is 0 Å². The fourth-order valence-electron chi connectivity index (χ4n) is 2.63. The first-order valence-corrected chi connectivity index (χ1v) is 15.1. The minimum atomic E-state index is -1.91. The van der Waals surface area contributed by atoms with Crippen LogP contribution >= 0.6 is 0 Å². The molecule has 1 aliphatic carbocycles. The second-order valence-electron chi connectivity index (χ2n) is 9.77. The Balaban J connectivity index is 2.98. The molecule has 0 aromatic carbocycles. The van der Waals surface area contributed by atoms with Gasteiger partial charge in [-0.2, -0.15) is 0 Å². The molecule has 0 spiro atoms. The summed E-state index contributed by atoms with van der Waals surface area (Å²) in [4.78, 5) is 0. The molecule has 0 aliphatic heterocycles. The van der Waals surface area contributed by atoms with Crippen LogP contribution in [0, 0.1) is 23.3 Å². The summed E-state index contributed by atoms with van der Waals surface area (Å²) in [5.74, 6) is 2.85. The Hall–Kier alpha value is -0.126. The summed E-state index contributed by atoms with van der Waals surface area (Å²) in [5.41, 5.74) is 2.16. The minimum absolute atomic E-state index is 0.0453. The Morgan fingerprint density at radius 1 is 1.17 bits per heavy atom. The summed E-state index contributed by atoms with van der Waals surface area (Å²) in [6.45, 7) is 19.9. The molecule has 1 aliphatic rings. The van der Waals surface area contributed by atoms with Crippen molar-refractivity contribution in [1.82, 2.24) is 0 Å². The molecule has 0 radical (unpaired) electrons. The van der Waals surface area contributed by atoms with Crippen LogP contribution in [0.15, 0.2) is 0 Å². The Morgan fingerprint density at radius 3 is 2.13 bits per heavy atom. The van der Waals surface area contributed by atoms with Crippen molar-refractivity contribution in [1.29, 1.82) is 0 Å². The van der Waals surface area contributed by atoms with E-state index in [1.807, 2.05) is 6.92 Å². The van der Waals surface area contributed by atoms with Gasteiger partial charge in [-0.15, -0.1) is 5.54 Å². The third-order valence-corrected chi connectivity index (χ3v) is 10.7. The van der Waals surface area contributed by atoms with Gasteiger partial charge in [-0.1, -0.05) is 53.3 Å². The van der Waals surface area contributed by atoms with Crippen molar-refractivity contribution in [3.8, 4) is 11.5 Å². The highest BCUT2D eigenvalue weighted by Crippen LogP contribution is 2.42. The molecular weight excluding hydrogens is 320 g/mol. The van der Waals surface area contributed by atoms with E-state index in [0.717, 1.165) is 0 Å². The molecule has 134 valence electrons. The third-order valence-electron chi connectivity index (χ3n) is 5.33. The Morgan fingerprint density at radius 2 is 1.70 bits per heavy atom. The Labute approximate surface area is 145 Å². The Bertz CT molecular complexity index is 479. The van der Waals surface area contributed by atoms with E-state index in [0.29, 0.717) is 13.0 Å². The molecule has 5 heteroatoms. The molecule has 0 saturated heterocycles. The van der Waals surface area contributed by atoms with Gasteiger partial charge < -0.3 is 14.6 Å². The highest BCUT2D eigenvalue weighted by Gasteiger charge is 2.51. The molecule has 0 amide bonds. The average Bonchev–Trinajstić information content (AvgIpc) is 2.54. The molecule has 2 N–H and O–H groups in total. The maximum absolute atomic E-state index is 11.1. The van der Waals surface area contributed by atoms with Crippen LogP contribution in [0.25, 0.3) is 0 Å². The van der Waals surface area contributed by atoms with Crippen molar-refractivity contribution in [3.05, 3.63) is 0 Å². The predicted octanol–water partition coefficient (Wildman–Crippen LogP) is 3.64. The number of hydrogen-bond donors (Lipinski definition) is 2. The van der Waals surface area contributed by atoms with E-state index in [4.69, 9.17) is 4.43 Å². The van der Waals surface area contributed by atoms with Gasteiger partial charge in [-0.25, -0.2) is 0 Å². The molecule has 0 unspecified atom stereocenters. The van der Waals surface area contributed by atoms with Crippen LogP contribution in [0.3, 0.4) is 0 Å². The zero-order valence-electron chi connectivity index (χ0n) is 16.4. The SMILES string of the molecule is C[C@H]1C[C@](O)(C#C[Si](C)(C)C)[C@@H](CO[Si](C)(C)C(C)(C)C)[C@H]1O. The van der Waals surface area contributed by atoms with E-state index in [1.54, 1.807) is 0 Å². The van der Waals surface area contributed by atoms with E-state index in [2.05, 4.69) is 65.0 Å². The van der Waals surface area contributed by atoms with Gasteiger partial charge in [0.2, 0.25) is 0 Å². The predicted molar refractivity (Wildman–Crippen MR) is 102 cm³/mol. The summed E-state index contributed by atoms with van der Waals surface area (Å²) < 4.78 is 6.29. The molecule has 1 saturated carbocycles. The van der Waals surface area contributed by atoms with Crippen LogP contribution in [0.4, 0.5) is 0 Å². The summed E-state index contributed by atoms with van der Waals surface area (Å²) in [7, 11) is -3.48. The van der Waals surface area contributed by atoms with Crippen molar-refractivity contribution in [2.45, 2.75) is 83.6 Å². The van der Waals surface area contributed by atoms with Crippen LogP contribution in [0.1, 0.15) is 34.1 Å². The highest BCUT2D eigenvalue weighted by atomic mass is 28.4. The molecular formula is C18H36O3Si2. The van der Waals surface area contributed by atoms with E-state index in [1.165, 1.54) is 0 Å². The molecule has 0 aromatic heterocycles. The smallest absolute Gasteiger partial charge is 0.191 e. The van der Waals surface area contributed by atoms with Crippen molar-refractivity contribution >= 4 is 16.4 Å². The van der Waals surface area contributed by atoms with Crippen LogP contribution < -0.4 is 0 Å². The van der Waals surface area contributed by atoms with Gasteiger partial charge in [-0.05, 0) is 30.5 Å². The van der Waals surface area contributed by atoms with E-state index in [-0.39, 0.29) is 16.9 Å². The highest BCUT2D eigenvalue weighted by molar-refractivity contribution is 6.83. The van der Waals surface area contributed by atoms with Crippen molar-refractivity contribution < 1.29 is 14.6 Å². The summed E-state index contributed by atoms with van der Waals surface area (Å²) in [6.07, 6.45) is -0.0299. The molecule has 4 atom stereocenters. The largest absolute Gasteiger partial charge is 0.416 e. The fraction of sp³-hybridized carbons (Fsp3) is 0.889. The average molecular weight is 357 g/mol. The van der Waals surface area contributed by atoms with Crippen LogP contribution in [0.5, 0.6) is 0 Å². The van der Waals surface area contributed by atoms with Gasteiger partial charge in [0.1, 0.15) is 13.7 Å². The molecule has 1 rings (SSSR count). The van der Waals surface area contributed by atoms with Gasteiger partial charge in [-0.3, -0.25) is 0 Å². The first-order valence-electron chi connectivity index (χ1n) is 8.68. The lowest BCUT2D eigenvalue weighted by molar-refractivity contribution is -0.0100. The molecule has 0 heterocycles. The quantitative estimate of drug-likeness (QED) is 0.599. The van der Waals surface area contributed by atoms with Gasteiger partial charge >= 0.3 is 0 Å². The lowest BCUT2D eigenvalue weighted by Crippen LogP contribution is -2.46. The number of aliphatic hydroxyl groups excluding tert-OH is 1. The first kappa shape index (κ1) is 20.9. The number of aliphatic hydroxyl groups is 2. The zero-order valence-corrected chi connectivity index (χ0v) is 18.4. The molecule has 1 fully saturated rings. The third kappa shape index (κ3) is 5.17. The maximum atomic E-state index is 11.1. The number of hydrogen-bond acceptors (Lipinski definition) is 3. The van der Waals surface area contributed by atoms with Crippen molar-refractivity contribution in [2.75, 3.05) is 6.61 Å². The molecule has 0 bridgehead atoms. The molecule has 0 aromatic rings. The summed E-state index contributed by atoms with van der Waals surface area (Å²) in [5, 5.41) is 21.7. The van der Waals surface area contributed by atoms with Crippen molar-refractivity contribution in [2.24, 2.45) is 11.8 Å². The maximum Gasteiger partial charge on any atom is 0.191 e. The van der Waals surface area contributed by atoms with Crippen LogP contribution in [-0.4, -0.2) is 44.9 Å². The monoisotopic (exact) mass is 356 g/mol. The Kier molecular flexibility index (Phi) is 6.04. The summed E-state index contributed by atoms with van der Waals surface area (Å²) >= 11 is 0. The lowest BCUT2D eigenvalue weighted by Gasteiger charge is -2.38. The number of rotatable bonds is 3. The van der Waals surface area contributed by atoms with Gasteiger partial charge in [0.15, 0.2) is 8.32 Å². The second kappa shape index (κ2) is 6.64. The zero-order chi connectivity index (χ0) is 18.3. The van der Waals surface area contributed by atoms with Crippen molar-refractivity contribution in [3.63, 3.8) is 0 Å². The topological polar surface area (TPSA) is 49.7 Å². The standard InChI is InChI=1S/C18H36O3Si2/c1-14-12-18(20,10-11-22(5,6)7)15(16(14)19)13-21-23(8,9)17(2,3)4/h14-16,19-20H,12-13H2,1-9H3/t14-,15-,16-,18+/m0/s1. The van der Waals surface area contributed by atoms with Gasteiger partial charge in [0, 0.05) is 12.5 Å². The van der Waals surface area contributed by atoms with E-state index < -0.39 is 28.1 Å². The lowest BCUT2D eigenvalue weighted by atomic mass is 9.91. The normalized spacial score (nSPS) is 32.6. The van der Waals surface area contributed by atoms with E-state index in [9.17, 15) is 10.2 Å². The van der Waals surface area contributed by atoms with Crippen LogP contribution in [-0.2, 0) is 4.43 Å². The first-order chi connectivity index (χ1) is 10.1. The van der Waals surface area contributed by atoms with E-state index >= 15 is 0 Å². The minimum Gasteiger partial charge on any atom is -0.416 e. The second-order valence-corrected chi connectivity index (χ2v) is 19.3. The molecule has 23 heavy (non-hydrogen) atoms. The molecule has 3 nitrogen and oxygen atoms in total. The van der Waals surface area contributed by atoms with Crippen LogP contribution in [0.2, 0.25) is 37.8 Å².